The van der Waals surface area contributed by atoms with Crippen LogP contribution in [-0.4, -0.2) is 31.5 Å². The van der Waals surface area contributed by atoms with Gasteiger partial charge in [-0.05, 0) is 36.2 Å². The van der Waals surface area contributed by atoms with E-state index >= 15 is 0 Å². The van der Waals surface area contributed by atoms with E-state index in [1.807, 2.05) is 24.3 Å². The van der Waals surface area contributed by atoms with E-state index in [9.17, 15) is 4.79 Å². The monoisotopic (exact) mass is 354 g/mol. The van der Waals surface area contributed by atoms with Crippen molar-refractivity contribution in [3.63, 3.8) is 0 Å². The van der Waals surface area contributed by atoms with Crippen LogP contribution in [0.1, 0.15) is 12.5 Å². The van der Waals surface area contributed by atoms with Crippen LogP contribution in [0.2, 0.25) is 0 Å². The van der Waals surface area contributed by atoms with Gasteiger partial charge in [0.15, 0.2) is 5.82 Å². The van der Waals surface area contributed by atoms with Crippen LogP contribution < -0.4 is 11.2 Å². The average molecular weight is 354 g/mol. The predicted molar refractivity (Wildman–Crippen MR) is 98.6 cm³/mol. The molecule has 8 heteroatoms. The number of rotatable bonds is 6. The van der Waals surface area contributed by atoms with Crippen molar-refractivity contribution >= 4 is 23.4 Å². The lowest BCUT2D eigenvalue weighted by atomic mass is 10.1. The summed E-state index contributed by atoms with van der Waals surface area (Å²) in [5, 5.41) is 11.5. The van der Waals surface area contributed by atoms with Gasteiger partial charge < -0.3 is 11.2 Å². The highest BCUT2D eigenvalue weighted by Gasteiger charge is 2.13. The number of benzene rings is 1. The van der Waals surface area contributed by atoms with E-state index in [1.54, 1.807) is 24.5 Å². The molecule has 0 atom stereocenters. The van der Waals surface area contributed by atoms with Crippen molar-refractivity contribution in [3.05, 3.63) is 54.4 Å². The maximum atomic E-state index is 12.1. The Morgan fingerprint density at radius 2 is 2.04 bits per heavy atom. The van der Waals surface area contributed by atoms with Gasteiger partial charge in [0, 0.05) is 23.6 Å². The molecular weight excluding hydrogens is 336 g/mol. The summed E-state index contributed by atoms with van der Waals surface area (Å²) in [5.41, 5.74) is 2.78. The molecule has 0 saturated heterocycles. The van der Waals surface area contributed by atoms with Crippen LogP contribution in [-0.2, 0) is 11.2 Å². The SMILES string of the molecule is CCc1cccc(NC(=O)CSc2nnc(-c3ccncc3)n2N)c1. The molecular formula is C17H18N6OS. The molecule has 25 heavy (non-hydrogen) atoms. The summed E-state index contributed by atoms with van der Waals surface area (Å²) in [7, 11) is 0. The summed E-state index contributed by atoms with van der Waals surface area (Å²) in [6, 6.07) is 11.4. The van der Waals surface area contributed by atoms with Crippen LogP contribution >= 0.6 is 11.8 Å². The highest BCUT2D eigenvalue weighted by molar-refractivity contribution is 7.99. The van der Waals surface area contributed by atoms with E-state index in [-0.39, 0.29) is 11.7 Å². The molecule has 0 aliphatic carbocycles. The second-order valence-electron chi connectivity index (χ2n) is 5.30. The second kappa shape index (κ2) is 7.80. The van der Waals surface area contributed by atoms with Gasteiger partial charge in [-0.3, -0.25) is 9.78 Å². The molecule has 2 aromatic heterocycles. The van der Waals surface area contributed by atoms with E-state index in [2.05, 4.69) is 27.4 Å². The first-order chi connectivity index (χ1) is 12.2. The Hall–Kier alpha value is -2.87. The summed E-state index contributed by atoms with van der Waals surface area (Å²) in [6.07, 6.45) is 4.25. The number of nitrogen functional groups attached to an aromatic ring is 1. The molecule has 0 spiro atoms. The predicted octanol–water partition coefficient (Wildman–Crippen LogP) is 2.35. The molecule has 128 valence electrons. The Bertz CT molecular complexity index is 865. The molecule has 0 radical (unpaired) electrons. The number of nitrogens with one attached hydrogen (secondary N) is 1. The van der Waals surface area contributed by atoms with Gasteiger partial charge in [-0.2, -0.15) is 0 Å². The minimum Gasteiger partial charge on any atom is -0.335 e. The van der Waals surface area contributed by atoms with Crippen molar-refractivity contribution in [3.8, 4) is 11.4 Å². The molecule has 0 saturated carbocycles. The third-order valence-electron chi connectivity index (χ3n) is 3.55. The molecule has 0 fully saturated rings. The van der Waals surface area contributed by atoms with Gasteiger partial charge in [0.05, 0.1) is 5.75 Å². The van der Waals surface area contributed by atoms with Crippen molar-refractivity contribution in [1.82, 2.24) is 19.9 Å². The Morgan fingerprint density at radius 3 is 2.80 bits per heavy atom. The van der Waals surface area contributed by atoms with Crippen LogP contribution in [0, 0.1) is 0 Å². The molecule has 0 bridgehead atoms. The summed E-state index contributed by atoms with van der Waals surface area (Å²) >= 11 is 1.24. The standard InChI is InChI=1S/C17H18N6OS/c1-2-12-4-3-5-14(10-12)20-15(24)11-25-17-22-21-16(23(17)18)13-6-8-19-9-7-13/h3-10H,2,11,18H2,1H3,(H,20,24). The van der Waals surface area contributed by atoms with Crippen LogP contribution in [0.25, 0.3) is 11.4 Å². The molecule has 1 aromatic carbocycles. The largest absolute Gasteiger partial charge is 0.335 e. The summed E-state index contributed by atoms with van der Waals surface area (Å²) < 4.78 is 1.38. The van der Waals surface area contributed by atoms with E-state index in [0.29, 0.717) is 11.0 Å². The van der Waals surface area contributed by atoms with Crippen LogP contribution in [0.5, 0.6) is 0 Å². The van der Waals surface area contributed by atoms with E-state index in [0.717, 1.165) is 17.7 Å². The fourth-order valence-electron chi connectivity index (χ4n) is 2.27. The number of aryl methyl sites for hydroxylation is 1. The van der Waals surface area contributed by atoms with Crippen molar-refractivity contribution in [2.75, 3.05) is 16.9 Å². The van der Waals surface area contributed by atoms with Crippen molar-refractivity contribution in [2.45, 2.75) is 18.5 Å². The van der Waals surface area contributed by atoms with E-state index < -0.39 is 0 Å². The Kier molecular flexibility index (Phi) is 5.30. The number of carbonyl (C=O) groups excluding carboxylic acids is 1. The molecule has 3 aromatic rings. The normalized spacial score (nSPS) is 10.6. The number of amides is 1. The number of anilines is 1. The van der Waals surface area contributed by atoms with Gasteiger partial charge in [-0.1, -0.05) is 30.8 Å². The number of nitrogens with zero attached hydrogens (tertiary/aromatic N) is 4. The smallest absolute Gasteiger partial charge is 0.234 e. The minimum absolute atomic E-state index is 0.119. The number of thioether (sulfide) groups is 1. The van der Waals surface area contributed by atoms with Crippen LogP contribution in [0.3, 0.4) is 0 Å². The van der Waals surface area contributed by atoms with Crippen molar-refractivity contribution in [1.29, 1.82) is 0 Å². The molecule has 0 aliphatic rings. The minimum atomic E-state index is -0.119. The third-order valence-corrected chi connectivity index (χ3v) is 4.50. The third kappa shape index (κ3) is 4.16. The molecule has 3 N–H and O–H groups in total. The first-order valence-electron chi connectivity index (χ1n) is 7.80. The molecule has 1 amide bonds. The zero-order valence-corrected chi connectivity index (χ0v) is 14.5. The second-order valence-corrected chi connectivity index (χ2v) is 6.25. The lowest BCUT2D eigenvalue weighted by Crippen LogP contribution is -2.16. The molecule has 7 nitrogen and oxygen atoms in total. The molecule has 2 heterocycles. The van der Waals surface area contributed by atoms with Gasteiger partial charge in [-0.15, -0.1) is 10.2 Å². The first kappa shape index (κ1) is 17.0. The Labute approximate surface area is 149 Å². The average Bonchev–Trinajstić information content (AvgIpc) is 3.01. The maximum Gasteiger partial charge on any atom is 0.234 e. The van der Waals surface area contributed by atoms with E-state index in [4.69, 9.17) is 5.84 Å². The fourth-order valence-corrected chi connectivity index (χ4v) is 2.93. The van der Waals surface area contributed by atoms with Crippen LogP contribution in [0.4, 0.5) is 5.69 Å². The number of pyridine rings is 1. The van der Waals surface area contributed by atoms with Gasteiger partial charge >= 0.3 is 0 Å². The zero-order chi connectivity index (χ0) is 17.6. The number of aromatic nitrogens is 4. The number of carbonyl (C=O) groups is 1. The Morgan fingerprint density at radius 1 is 1.24 bits per heavy atom. The van der Waals surface area contributed by atoms with Crippen molar-refractivity contribution in [2.24, 2.45) is 0 Å². The maximum absolute atomic E-state index is 12.1. The van der Waals surface area contributed by atoms with Gasteiger partial charge in [0.1, 0.15) is 0 Å². The summed E-state index contributed by atoms with van der Waals surface area (Å²) in [5.74, 6) is 6.64. The molecule has 0 aliphatic heterocycles. The van der Waals surface area contributed by atoms with E-state index in [1.165, 1.54) is 22.0 Å². The zero-order valence-electron chi connectivity index (χ0n) is 13.7. The van der Waals surface area contributed by atoms with Gasteiger partial charge in [0.2, 0.25) is 11.1 Å². The number of hydrogen-bond acceptors (Lipinski definition) is 6. The molecule has 3 rings (SSSR count). The van der Waals surface area contributed by atoms with Crippen LogP contribution in [0.15, 0.2) is 53.9 Å². The fraction of sp³-hybridized carbons (Fsp3) is 0.176. The topological polar surface area (TPSA) is 98.7 Å². The Balaban J connectivity index is 1.62. The van der Waals surface area contributed by atoms with Gasteiger partial charge in [0.25, 0.3) is 0 Å². The quantitative estimate of drug-likeness (QED) is 0.521. The lowest BCUT2D eigenvalue weighted by molar-refractivity contribution is -0.113. The molecule has 0 unspecified atom stereocenters. The van der Waals surface area contributed by atoms with Gasteiger partial charge in [-0.25, -0.2) is 4.68 Å². The highest BCUT2D eigenvalue weighted by atomic mass is 32.2. The first-order valence-corrected chi connectivity index (χ1v) is 8.78. The number of hydrogen-bond donors (Lipinski definition) is 2. The summed E-state index contributed by atoms with van der Waals surface area (Å²) in [6.45, 7) is 2.07. The number of nitrogens with two attached hydrogens (primary N) is 1. The van der Waals surface area contributed by atoms with Crippen molar-refractivity contribution < 1.29 is 4.79 Å². The summed E-state index contributed by atoms with van der Waals surface area (Å²) in [4.78, 5) is 16.1. The highest BCUT2D eigenvalue weighted by Crippen LogP contribution is 2.21. The lowest BCUT2D eigenvalue weighted by Gasteiger charge is -2.07.